The monoisotopic (exact) mass is 930 g/mol. The van der Waals surface area contributed by atoms with Crippen LogP contribution in [0.15, 0.2) is 227 Å². The Bertz CT molecular complexity index is 5130. The van der Waals surface area contributed by atoms with Gasteiger partial charge in [-0.3, -0.25) is 0 Å². The molecular formula is C69H42N2O2. The summed E-state index contributed by atoms with van der Waals surface area (Å²) in [5, 5.41) is 17.2. The Morgan fingerprint density at radius 3 is 1.34 bits per heavy atom. The molecule has 4 heterocycles. The van der Waals surface area contributed by atoms with E-state index in [0.717, 1.165) is 60.8 Å². The highest BCUT2D eigenvalue weighted by atomic mass is 16.3. The highest BCUT2D eigenvalue weighted by molar-refractivity contribution is 6.26. The molecule has 1 aliphatic rings. The van der Waals surface area contributed by atoms with Crippen LogP contribution in [-0.2, 0) is 5.41 Å². The van der Waals surface area contributed by atoms with E-state index in [1.165, 1.54) is 104 Å². The lowest BCUT2D eigenvalue weighted by Gasteiger charge is -2.22. The minimum atomic E-state index is -0.250. The second-order valence-electron chi connectivity index (χ2n) is 20.8. The summed E-state index contributed by atoms with van der Waals surface area (Å²) in [6.07, 6.45) is 0. The van der Waals surface area contributed by atoms with Crippen LogP contribution < -0.4 is 0 Å². The smallest absolute Gasteiger partial charge is 0.135 e. The molecule has 4 heteroatoms. The van der Waals surface area contributed by atoms with Gasteiger partial charge in [-0.15, -0.1) is 0 Å². The summed E-state index contributed by atoms with van der Waals surface area (Å²) in [5.74, 6) is 0. The Morgan fingerprint density at radius 1 is 0.274 bits per heavy atom. The van der Waals surface area contributed by atoms with Gasteiger partial charge in [0.15, 0.2) is 0 Å². The topological polar surface area (TPSA) is 36.1 Å². The molecule has 4 aromatic heterocycles. The molecule has 1 aliphatic carbocycles. The minimum absolute atomic E-state index is 0.250. The lowest BCUT2D eigenvalue weighted by Crippen LogP contribution is -2.15. The SMILES string of the molecule is CC1(C)c2cc3c4ccccc4c4ccccc4c3cc2-c2cc3c(cc21)c1cc(-n2c4ccccc4c4cc(-c5ccc6oc7ccccc7c6c5)ccc42)ccc1n3-c1ccc2oc3ccccc3c2c1. The van der Waals surface area contributed by atoms with Crippen LogP contribution in [0.2, 0.25) is 0 Å². The molecule has 17 rings (SSSR count). The van der Waals surface area contributed by atoms with Gasteiger partial charge >= 0.3 is 0 Å². The summed E-state index contributed by atoms with van der Waals surface area (Å²) >= 11 is 0. The summed E-state index contributed by atoms with van der Waals surface area (Å²) in [4.78, 5) is 0. The van der Waals surface area contributed by atoms with E-state index in [1.54, 1.807) is 0 Å². The van der Waals surface area contributed by atoms with Crippen molar-refractivity contribution in [2.45, 2.75) is 19.3 Å². The van der Waals surface area contributed by atoms with Gasteiger partial charge in [-0.2, -0.15) is 0 Å². The zero-order chi connectivity index (χ0) is 47.8. The van der Waals surface area contributed by atoms with Gasteiger partial charge in [0.05, 0.1) is 22.1 Å². The molecule has 0 amide bonds. The summed E-state index contributed by atoms with van der Waals surface area (Å²) in [5.41, 5.74) is 17.9. The number of hydrogen-bond donors (Lipinski definition) is 0. The van der Waals surface area contributed by atoms with E-state index in [0.29, 0.717) is 0 Å². The first kappa shape index (κ1) is 39.4. The van der Waals surface area contributed by atoms with Gasteiger partial charge in [0, 0.05) is 59.9 Å². The Morgan fingerprint density at radius 2 is 0.671 bits per heavy atom. The van der Waals surface area contributed by atoms with Crippen LogP contribution in [0.1, 0.15) is 25.0 Å². The highest BCUT2D eigenvalue weighted by Crippen LogP contribution is 2.54. The number of rotatable bonds is 3. The molecule has 73 heavy (non-hydrogen) atoms. The lowest BCUT2D eigenvalue weighted by molar-refractivity contribution is 0.662. The maximum Gasteiger partial charge on any atom is 0.135 e. The molecule has 0 N–H and O–H groups in total. The zero-order valence-electron chi connectivity index (χ0n) is 40.0. The molecule has 0 radical (unpaired) electrons. The Kier molecular flexibility index (Phi) is 7.51. The van der Waals surface area contributed by atoms with Crippen molar-refractivity contribution < 1.29 is 8.83 Å². The van der Waals surface area contributed by atoms with Gasteiger partial charge in [0.2, 0.25) is 0 Å². The molecule has 0 spiro atoms. The summed E-state index contributed by atoms with van der Waals surface area (Å²) in [7, 11) is 0. The van der Waals surface area contributed by atoms with Crippen LogP contribution in [-0.4, -0.2) is 9.13 Å². The number of hydrogen-bond acceptors (Lipinski definition) is 2. The second kappa shape index (κ2) is 13.9. The first-order valence-corrected chi connectivity index (χ1v) is 25.3. The van der Waals surface area contributed by atoms with Crippen LogP contribution in [0.5, 0.6) is 0 Å². The molecule has 4 nitrogen and oxygen atoms in total. The van der Waals surface area contributed by atoms with Crippen molar-refractivity contribution in [2.24, 2.45) is 0 Å². The quantitative estimate of drug-likeness (QED) is 0.166. The van der Waals surface area contributed by atoms with E-state index in [2.05, 4.69) is 223 Å². The van der Waals surface area contributed by atoms with Crippen molar-refractivity contribution in [1.29, 1.82) is 0 Å². The third-order valence-electron chi connectivity index (χ3n) is 16.7. The van der Waals surface area contributed by atoms with Crippen LogP contribution in [0, 0.1) is 0 Å². The van der Waals surface area contributed by atoms with Gasteiger partial charge in [0.1, 0.15) is 22.3 Å². The molecule has 16 aromatic rings. The summed E-state index contributed by atoms with van der Waals surface area (Å²) in [6, 6.07) is 80.7. The van der Waals surface area contributed by atoms with E-state index < -0.39 is 0 Å². The molecule has 12 aromatic carbocycles. The van der Waals surface area contributed by atoms with Crippen molar-refractivity contribution in [1.82, 2.24) is 9.13 Å². The highest BCUT2D eigenvalue weighted by Gasteiger charge is 2.37. The van der Waals surface area contributed by atoms with Gasteiger partial charge < -0.3 is 18.0 Å². The predicted octanol–water partition coefficient (Wildman–Crippen LogP) is 19.1. The number of benzene rings is 12. The average molecular weight is 931 g/mol. The van der Waals surface area contributed by atoms with Crippen molar-refractivity contribution >= 4 is 120 Å². The first-order chi connectivity index (χ1) is 35.9. The predicted molar refractivity (Wildman–Crippen MR) is 305 cm³/mol. The van der Waals surface area contributed by atoms with Crippen molar-refractivity contribution in [3.8, 4) is 33.6 Å². The summed E-state index contributed by atoms with van der Waals surface area (Å²) in [6.45, 7) is 4.84. The number of para-hydroxylation sites is 3. The van der Waals surface area contributed by atoms with E-state index in [1.807, 2.05) is 18.2 Å². The minimum Gasteiger partial charge on any atom is -0.456 e. The molecule has 0 atom stereocenters. The molecule has 0 aliphatic heterocycles. The van der Waals surface area contributed by atoms with Crippen molar-refractivity contribution in [3.63, 3.8) is 0 Å². The molecule has 0 saturated carbocycles. The zero-order valence-corrected chi connectivity index (χ0v) is 40.0. The second-order valence-corrected chi connectivity index (χ2v) is 20.8. The van der Waals surface area contributed by atoms with Crippen molar-refractivity contribution in [3.05, 3.63) is 230 Å². The van der Waals surface area contributed by atoms with E-state index >= 15 is 0 Å². The maximum absolute atomic E-state index is 6.39. The van der Waals surface area contributed by atoms with Gasteiger partial charge in [-0.1, -0.05) is 129 Å². The number of aromatic nitrogens is 2. The van der Waals surface area contributed by atoms with Crippen LogP contribution in [0.3, 0.4) is 0 Å². The molecule has 340 valence electrons. The molecule has 0 unspecified atom stereocenters. The van der Waals surface area contributed by atoms with E-state index in [9.17, 15) is 0 Å². The molecular weight excluding hydrogens is 889 g/mol. The number of fused-ring (bicyclic) bond motifs is 21. The molecule has 0 saturated heterocycles. The normalized spacial score (nSPS) is 13.5. The van der Waals surface area contributed by atoms with Gasteiger partial charge in [-0.25, -0.2) is 0 Å². The lowest BCUT2D eigenvalue weighted by atomic mass is 9.81. The largest absolute Gasteiger partial charge is 0.456 e. The Hall–Kier alpha value is -9.38. The summed E-state index contributed by atoms with van der Waals surface area (Å²) < 4.78 is 17.6. The van der Waals surface area contributed by atoms with Gasteiger partial charge in [0.25, 0.3) is 0 Å². The number of nitrogens with zero attached hydrogens (tertiary/aromatic N) is 2. The Balaban J connectivity index is 0.911. The van der Waals surface area contributed by atoms with Crippen LogP contribution in [0.25, 0.3) is 153 Å². The third kappa shape index (κ3) is 5.24. The van der Waals surface area contributed by atoms with E-state index in [4.69, 9.17) is 8.83 Å². The van der Waals surface area contributed by atoms with E-state index in [-0.39, 0.29) is 5.41 Å². The maximum atomic E-state index is 6.39. The van der Waals surface area contributed by atoms with Crippen molar-refractivity contribution in [2.75, 3.05) is 0 Å². The van der Waals surface area contributed by atoms with Crippen LogP contribution >= 0.6 is 0 Å². The molecule has 0 fully saturated rings. The fourth-order valence-corrected chi connectivity index (χ4v) is 13.2. The number of furan rings is 2. The third-order valence-corrected chi connectivity index (χ3v) is 16.7. The standard InChI is InChI=1S/C69H42N2O2/c1-69(2)59-36-51-46-16-6-4-14-44(46)43-13-3-5-15-45(43)50(51)35-52(59)53-38-64-56(37-60(53)69)55-33-41(25-28-63(55)71(64)42-26-30-68-58(34-42)49-19-9-12-22-66(49)73-68)70-61-20-10-7-17-47(61)54-31-39(23-27-62(54)70)40-24-29-67-57(32-40)48-18-8-11-21-65(48)72-67/h3-38H,1-2H3. The Labute approximate surface area is 418 Å². The van der Waals surface area contributed by atoms with Gasteiger partial charge in [-0.05, 0) is 169 Å². The fraction of sp³-hybridized carbons (Fsp3) is 0.0435. The van der Waals surface area contributed by atoms with Crippen LogP contribution in [0.4, 0.5) is 0 Å². The average Bonchev–Trinajstić information content (AvgIpc) is 4.25. The first-order valence-electron chi connectivity index (χ1n) is 25.3. The fourth-order valence-electron chi connectivity index (χ4n) is 13.2. The molecule has 0 bridgehead atoms.